The Morgan fingerprint density at radius 1 is 1.15 bits per heavy atom. The van der Waals surface area contributed by atoms with Crippen molar-refractivity contribution in [3.8, 4) is 5.75 Å². The Morgan fingerprint density at radius 2 is 2.00 bits per heavy atom. The first-order valence-electron chi connectivity index (χ1n) is 9.03. The van der Waals surface area contributed by atoms with E-state index in [1.165, 1.54) is 0 Å². The fraction of sp³-hybridized carbons (Fsp3) is 0.400. The molecular weight excluding hydrogens is 348 g/mol. The average molecular weight is 374 g/mol. The number of aryl methyl sites for hydroxylation is 1. The van der Waals surface area contributed by atoms with Gasteiger partial charge in [0.05, 0.1) is 18.6 Å². The molecule has 7 nitrogen and oxygen atoms in total. The van der Waals surface area contributed by atoms with Crippen LogP contribution in [0.25, 0.3) is 0 Å². The number of hydrogen-bond acceptors (Lipinski definition) is 5. The number of ether oxygens (including phenoxy) is 2. The summed E-state index contributed by atoms with van der Waals surface area (Å²) in [5.41, 5.74) is 1.49. The van der Waals surface area contributed by atoms with E-state index < -0.39 is 11.8 Å². The standard InChI is InChI=1S/C20H26N2O5/c1-3-10-27-18-13-15(2)7-8-17(18)22-20(24)19(23)21-9-5-11-25-14-16-6-4-12-26-16/h4,6-8,12-13H,3,5,9-11,14H2,1-2H3,(H,21,23)(H,22,24). The zero-order valence-corrected chi connectivity index (χ0v) is 15.7. The van der Waals surface area contributed by atoms with Gasteiger partial charge in [-0.15, -0.1) is 0 Å². The Bertz CT molecular complexity index is 728. The van der Waals surface area contributed by atoms with Crippen molar-refractivity contribution in [3.05, 3.63) is 47.9 Å². The normalized spacial score (nSPS) is 10.4. The van der Waals surface area contributed by atoms with Gasteiger partial charge in [-0.1, -0.05) is 13.0 Å². The highest BCUT2D eigenvalue weighted by Crippen LogP contribution is 2.25. The maximum Gasteiger partial charge on any atom is 0.313 e. The number of nitrogens with one attached hydrogen (secondary N) is 2. The highest BCUT2D eigenvalue weighted by atomic mass is 16.5. The molecule has 1 aromatic heterocycles. The summed E-state index contributed by atoms with van der Waals surface area (Å²) in [4.78, 5) is 24.0. The largest absolute Gasteiger partial charge is 0.491 e. The summed E-state index contributed by atoms with van der Waals surface area (Å²) >= 11 is 0. The highest BCUT2D eigenvalue weighted by Gasteiger charge is 2.15. The first kappa shape index (κ1) is 20.5. The summed E-state index contributed by atoms with van der Waals surface area (Å²) < 4.78 is 16.2. The monoisotopic (exact) mass is 374 g/mol. The van der Waals surface area contributed by atoms with Gasteiger partial charge in [0, 0.05) is 13.2 Å². The maximum atomic E-state index is 12.1. The molecule has 0 aliphatic heterocycles. The predicted octanol–water partition coefficient (Wildman–Crippen LogP) is 3.04. The van der Waals surface area contributed by atoms with E-state index in [9.17, 15) is 9.59 Å². The van der Waals surface area contributed by atoms with Crippen molar-refractivity contribution in [2.45, 2.75) is 33.3 Å². The Labute approximate surface area is 159 Å². The fourth-order valence-electron chi connectivity index (χ4n) is 2.27. The smallest absolute Gasteiger partial charge is 0.313 e. The summed E-state index contributed by atoms with van der Waals surface area (Å²) in [7, 11) is 0. The van der Waals surface area contributed by atoms with Crippen LogP contribution in [0.5, 0.6) is 5.75 Å². The molecule has 0 atom stereocenters. The molecule has 27 heavy (non-hydrogen) atoms. The molecule has 2 amide bonds. The van der Waals surface area contributed by atoms with E-state index in [0.717, 1.165) is 17.7 Å². The number of amides is 2. The van der Waals surface area contributed by atoms with Crippen LogP contribution in [0.15, 0.2) is 41.0 Å². The van der Waals surface area contributed by atoms with Crippen molar-refractivity contribution < 1.29 is 23.5 Å². The quantitative estimate of drug-likeness (QED) is 0.493. The number of furan rings is 1. The molecule has 0 radical (unpaired) electrons. The third-order valence-electron chi connectivity index (χ3n) is 3.63. The van der Waals surface area contributed by atoms with E-state index in [4.69, 9.17) is 13.9 Å². The number of carbonyl (C=O) groups excluding carboxylic acids is 2. The molecule has 1 heterocycles. The van der Waals surface area contributed by atoms with E-state index in [-0.39, 0.29) is 0 Å². The molecule has 7 heteroatoms. The minimum Gasteiger partial charge on any atom is -0.491 e. The summed E-state index contributed by atoms with van der Waals surface area (Å²) in [6.07, 6.45) is 3.03. The van der Waals surface area contributed by atoms with Crippen LogP contribution >= 0.6 is 0 Å². The number of benzene rings is 1. The van der Waals surface area contributed by atoms with Gasteiger partial charge in [-0.25, -0.2) is 0 Å². The summed E-state index contributed by atoms with van der Waals surface area (Å²) in [5.74, 6) is -0.110. The molecule has 0 unspecified atom stereocenters. The molecular formula is C20H26N2O5. The van der Waals surface area contributed by atoms with Gasteiger partial charge in [0.15, 0.2) is 0 Å². The van der Waals surface area contributed by atoms with Crippen LogP contribution in [0, 0.1) is 6.92 Å². The van der Waals surface area contributed by atoms with E-state index in [2.05, 4.69) is 10.6 Å². The second-order valence-corrected chi connectivity index (χ2v) is 6.04. The Hall–Kier alpha value is -2.80. The number of rotatable bonds is 10. The fourth-order valence-corrected chi connectivity index (χ4v) is 2.27. The molecule has 2 aromatic rings. The number of carbonyl (C=O) groups is 2. The molecule has 0 saturated carbocycles. The zero-order chi connectivity index (χ0) is 19.5. The van der Waals surface area contributed by atoms with Crippen LogP contribution in [-0.2, 0) is 20.9 Å². The topological polar surface area (TPSA) is 89.8 Å². The van der Waals surface area contributed by atoms with Crippen molar-refractivity contribution in [2.75, 3.05) is 25.1 Å². The molecule has 0 fully saturated rings. The van der Waals surface area contributed by atoms with Crippen LogP contribution < -0.4 is 15.4 Å². The third kappa shape index (κ3) is 7.15. The number of hydrogen-bond donors (Lipinski definition) is 2. The summed E-state index contributed by atoms with van der Waals surface area (Å²) in [6.45, 7) is 5.66. The molecule has 0 spiro atoms. The Kier molecular flexibility index (Phi) is 8.38. The van der Waals surface area contributed by atoms with Crippen LogP contribution in [0.4, 0.5) is 5.69 Å². The van der Waals surface area contributed by atoms with Gasteiger partial charge in [-0.3, -0.25) is 9.59 Å². The number of anilines is 1. The molecule has 1 aromatic carbocycles. The van der Waals surface area contributed by atoms with Crippen molar-refractivity contribution in [1.29, 1.82) is 0 Å². The summed E-state index contributed by atoms with van der Waals surface area (Å²) in [6, 6.07) is 9.04. The van der Waals surface area contributed by atoms with Crippen molar-refractivity contribution >= 4 is 17.5 Å². The minimum atomic E-state index is -0.725. The van der Waals surface area contributed by atoms with Gasteiger partial charge in [-0.2, -0.15) is 0 Å². The van der Waals surface area contributed by atoms with Gasteiger partial charge < -0.3 is 24.5 Å². The maximum absolute atomic E-state index is 12.1. The lowest BCUT2D eigenvalue weighted by molar-refractivity contribution is -0.136. The molecule has 0 bridgehead atoms. The molecule has 0 aliphatic rings. The SMILES string of the molecule is CCCOc1cc(C)ccc1NC(=O)C(=O)NCCCOCc1ccco1. The van der Waals surface area contributed by atoms with Crippen LogP contribution in [-0.4, -0.2) is 31.6 Å². The lowest BCUT2D eigenvalue weighted by atomic mass is 10.2. The van der Waals surface area contributed by atoms with Gasteiger partial charge in [0.1, 0.15) is 18.1 Å². The molecule has 2 rings (SSSR count). The lowest BCUT2D eigenvalue weighted by Crippen LogP contribution is -2.36. The highest BCUT2D eigenvalue weighted by molar-refractivity contribution is 6.39. The predicted molar refractivity (Wildman–Crippen MR) is 102 cm³/mol. The minimum absolute atomic E-state index is 0.345. The van der Waals surface area contributed by atoms with Gasteiger partial charge in [0.2, 0.25) is 0 Å². The zero-order valence-electron chi connectivity index (χ0n) is 15.7. The van der Waals surface area contributed by atoms with E-state index in [0.29, 0.717) is 44.2 Å². The molecule has 2 N–H and O–H groups in total. The second kappa shape index (κ2) is 11.0. The van der Waals surface area contributed by atoms with Crippen LogP contribution in [0.3, 0.4) is 0 Å². The van der Waals surface area contributed by atoms with Crippen LogP contribution in [0.2, 0.25) is 0 Å². The molecule has 0 saturated heterocycles. The second-order valence-electron chi connectivity index (χ2n) is 6.04. The average Bonchev–Trinajstić information content (AvgIpc) is 3.17. The van der Waals surface area contributed by atoms with Gasteiger partial charge in [-0.05, 0) is 49.6 Å². The third-order valence-corrected chi connectivity index (χ3v) is 3.63. The van der Waals surface area contributed by atoms with Gasteiger partial charge in [0.25, 0.3) is 0 Å². The van der Waals surface area contributed by atoms with Crippen LogP contribution in [0.1, 0.15) is 31.1 Å². The van der Waals surface area contributed by atoms with Crippen molar-refractivity contribution in [2.24, 2.45) is 0 Å². The lowest BCUT2D eigenvalue weighted by Gasteiger charge is -2.13. The van der Waals surface area contributed by atoms with Gasteiger partial charge >= 0.3 is 11.8 Å². The van der Waals surface area contributed by atoms with E-state index >= 15 is 0 Å². The first-order valence-corrected chi connectivity index (χ1v) is 9.03. The van der Waals surface area contributed by atoms with E-state index in [1.807, 2.05) is 32.0 Å². The Balaban J connectivity index is 1.71. The van der Waals surface area contributed by atoms with Crippen molar-refractivity contribution in [3.63, 3.8) is 0 Å². The molecule has 146 valence electrons. The Morgan fingerprint density at radius 3 is 2.74 bits per heavy atom. The summed E-state index contributed by atoms with van der Waals surface area (Å²) in [5, 5.41) is 5.17. The van der Waals surface area contributed by atoms with Crippen molar-refractivity contribution in [1.82, 2.24) is 5.32 Å². The first-order chi connectivity index (χ1) is 13.1. The van der Waals surface area contributed by atoms with E-state index in [1.54, 1.807) is 18.4 Å². The molecule has 0 aliphatic carbocycles.